The van der Waals surface area contributed by atoms with Crippen molar-refractivity contribution in [3.8, 4) is 11.5 Å². The largest absolute Gasteiger partial charge is 0.497 e. The molecule has 6 nitrogen and oxygen atoms in total. The van der Waals surface area contributed by atoms with Gasteiger partial charge in [0.15, 0.2) is 0 Å². The Morgan fingerprint density at radius 2 is 1.47 bits per heavy atom. The molecule has 0 aromatic heterocycles. The second-order valence-electron chi connectivity index (χ2n) is 6.41. The van der Waals surface area contributed by atoms with Crippen LogP contribution in [0.15, 0.2) is 66.7 Å². The van der Waals surface area contributed by atoms with E-state index >= 15 is 0 Å². The first-order chi connectivity index (χ1) is 14.5. The highest BCUT2D eigenvalue weighted by atomic mass is 16.5. The third-order valence-corrected chi connectivity index (χ3v) is 4.40. The molecule has 0 heterocycles. The maximum Gasteiger partial charge on any atom is 0.337 e. The van der Waals surface area contributed by atoms with Gasteiger partial charge in [-0.2, -0.15) is 0 Å². The molecule has 30 heavy (non-hydrogen) atoms. The van der Waals surface area contributed by atoms with Crippen LogP contribution in [0.25, 0.3) is 12.2 Å². The lowest BCUT2D eigenvalue weighted by molar-refractivity contribution is 0.0698. The zero-order chi connectivity index (χ0) is 21.5. The third-order valence-electron chi connectivity index (χ3n) is 4.40. The van der Waals surface area contributed by atoms with E-state index in [0.29, 0.717) is 17.1 Å². The van der Waals surface area contributed by atoms with Crippen LogP contribution in [0.4, 0.5) is 5.69 Å². The van der Waals surface area contributed by atoms with Crippen LogP contribution < -0.4 is 14.8 Å². The molecular formula is C24H21NO5. The van der Waals surface area contributed by atoms with E-state index in [1.807, 2.05) is 42.5 Å². The maximum atomic E-state index is 12.7. The Labute approximate surface area is 174 Å². The number of anilines is 1. The summed E-state index contributed by atoms with van der Waals surface area (Å²) >= 11 is 0. The van der Waals surface area contributed by atoms with Crippen LogP contribution in [0.2, 0.25) is 0 Å². The minimum atomic E-state index is -1.14. The van der Waals surface area contributed by atoms with Gasteiger partial charge >= 0.3 is 5.97 Å². The average molecular weight is 403 g/mol. The first kappa shape index (κ1) is 20.7. The van der Waals surface area contributed by atoms with Crippen molar-refractivity contribution in [1.29, 1.82) is 0 Å². The van der Waals surface area contributed by atoms with E-state index in [1.54, 1.807) is 30.3 Å². The number of amides is 1. The molecule has 6 heteroatoms. The smallest absolute Gasteiger partial charge is 0.337 e. The number of carbonyl (C=O) groups excluding carboxylic acids is 1. The Bertz CT molecular complexity index is 1070. The summed E-state index contributed by atoms with van der Waals surface area (Å²) in [6.45, 7) is 0. The van der Waals surface area contributed by atoms with E-state index in [4.69, 9.17) is 9.47 Å². The fourth-order valence-corrected chi connectivity index (χ4v) is 2.84. The molecule has 3 aromatic carbocycles. The molecule has 0 fully saturated rings. The van der Waals surface area contributed by atoms with Crippen LogP contribution in [0.5, 0.6) is 11.5 Å². The lowest BCUT2D eigenvalue weighted by Crippen LogP contribution is -2.15. The van der Waals surface area contributed by atoms with E-state index in [9.17, 15) is 14.7 Å². The minimum Gasteiger partial charge on any atom is -0.497 e. The maximum absolute atomic E-state index is 12.7. The van der Waals surface area contributed by atoms with Crippen molar-refractivity contribution in [2.45, 2.75) is 0 Å². The van der Waals surface area contributed by atoms with Crippen LogP contribution >= 0.6 is 0 Å². The van der Waals surface area contributed by atoms with Gasteiger partial charge in [0.05, 0.1) is 25.5 Å². The number of hydrogen-bond acceptors (Lipinski definition) is 4. The Morgan fingerprint density at radius 3 is 2.07 bits per heavy atom. The van der Waals surface area contributed by atoms with Gasteiger partial charge in [0.2, 0.25) is 0 Å². The molecule has 152 valence electrons. The normalized spacial score (nSPS) is 10.6. The Kier molecular flexibility index (Phi) is 6.49. The van der Waals surface area contributed by atoms with Crippen molar-refractivity contribution in [2.24, 2.45) is 0 Å². The van der Waals surface area contributed by atoms with Crippen molar-refractivity contribution in [3.05, 3.63) is 89.0 Å². The van der Waals surface area contributed by atoms with Crippen LogP contribution in [-0.2, 0) is 0 Å². The van der Waals surface area contributed by atoms with Gasteiger partial charge in [-0.25, -0.2) is 4.79 Å². The van der Waals surface area contributed by atoms with Crippen molar-refractivity contribution < 1.29 is 24.2 Å². The molecule has 1 amide bonds. The van der Waals surface area contributed by atoms with Crippen LogP contribution in [-0.4, -0.2) is 31.2 Å². The highest BCUT2D eigenvalue weighted by Gasteiger charge is 2.15. The summed E-state index contributed by atoms with van der Waals surface area (Å²) < 4.78 is 10.4. The summed E-state index contributed by atoms with van der Waals surface area (Å²) in [5.41, 5.74) is 2.19. The quantitative estimate of drug-likeness (QED) is 0.552. The highest BCUT2D eigenvalue weighted by Crippen LogP contribution is 2.25. The Morgan fingerprint density at radius 1 is 0.833 bits per heavy atom. The van der Waals surface area contributed by atoms with Gasteiger partial charge in [-0.15, -0.1) is 0 Å². The third kappa shape index (κ3) is 5.05. The molecular weight excluding hydrogens is 382 g/mol. The first-order valence-electron chi connectivity index (χ1n) is 9.15. The van der Waals surface area contributed by atoms with Gasteiger partial charge in [0.1, 0.15) is 11.5 Å². The summed E-state index contributed by atoms with van der Waals surface area (Å²) in [5.74, 6) is -0.690. The number of carboxylic acid groups (broad SMARTS) is 1. The van der Waals surface area contributed by atoms with E-state index < -0.39 is 11.9 Å². The molecule has 0 unspecified atom stereocenters. The molecule has 0 saturated heterocycles. The summed E-state index contributed by atoms with van der Waals surface area (Å²) in [4.78, 5) is 24.4. The van der Waals surface area contributed by atoms with Gasteiger partial charge < -0.3 is 19.9 Å². The molecule has 0 aliphatic heterocycles. The van der Waals surface area contributed by atoms with Crippen molar-refractivity contribution in [3.63, 3.8) is 0 Å². The lowest BCUT2D eigenvalue weighted by atomic mass is 10.1. The zero-order valence-corrected chi connectivity index (χ0v) is 16.6. The van der Waals surface area contributed by atoms with Gasteiger partial charge in [-0.3, -0.25) is 4.79 Å². The fourth-order valence-electron chi connectivity index (χ4n) is 2.84. The van der Waals surface area contributed by atoms with Gasteiger partial charge in [-0.05, 0) is 35.4 Å². The number of carboxylic acids is 1. The number of benzene rings is 3. The average Bonchev–Trinajstić information content (AvgIpc) is 2.78. The predicted molar refractivity (Wildman–Crippen MR) is 116 cm³/mol. The molecule has 0 saturated carbocycles. The van der Waals surface area contributed by atoms with Gasteiger partial charge in [-0.1, -0.05) is 48.6 Å². The first-order valence-corrected chi connectivity index (χ1v) is 9.15. The summed E-state index contributed by atoms with van der Waals surface area (Å²) in [5, 5.41) is 12.3. The fraction of sp³-hybridized carbons (Fsp3) is 0.0833. The van der Waals surface area contributed by atoms with Crippen molar-refractivity contribution in [1.82, 2.24) is 0 Å². The molecule has 2 N–H and O–H groups in total. The van der Waals surface area contributed by atoms with E-state index in [1.165, 1.54) is 20.3 Å². The van der Waals surface area contributed by atoms with E-state index in [2.05, 4.69) is 5.32 Å². The molecule has 0 atom stereocenters. The molecule has 0 radical (unpaired) electrons. The molecule has 0 bridgehead atoms. The number of aromatic carboxylic acids is 1. The van der Waals surface area contributed by atoms with Crippen LogP contribution in [0.3, 0.4) is 0 Å². The number of nitrogens with one attached hydrogen (secondary N) is 1. The SMILES string of the molecule is COc1cc(OC)cc(C(=O)Nc2ccc(/C=C/c3ccccc3)cc2C(=O)O)c1. The molecule has 3 aromatic rings. The van der Waals surface area contributed by atoms with Gasteiger partial charge in [0, 0.05) is 11.6 Å². The summed E-state index contributed by atoms with van der Waals surface area (Å²) in [7, 11) is 2.97. The minimum absolute atomic E-state index is 0.00609. The molecule has 3 rings (SSSR count). The second-order valence-corrected chi connectivity index (χ2v) is 6.41. The monoisotopic (exact) mass is 403 g/mol. The molecule has 0 spiro atoms. The number of methoxy groups -OCH3 is 2. The van der Waals surface area contributed by atoms with Crippen LogP contribution in [0.1, 0.15) is 31.8 Å². The van der Waals surface area contributed by atoms with Crippen molar-refractivity contribution in [2.75, 3.05) is 19.5 Å². The van der Waals surface area contributed by atoms with E-state index in [-0.39, 0.29) is 16.8 Å². The highest BCUT2D eigenvalue weighted by molar-refractivity contribution is 6.08. The molecule has 0 aliphatic carbocycles. The standard InChI is InChI=1S/C24H21NO5/c1-29-19-13-18(14-20(15-19)30-2)23(26)25-22-11-10-17(12-21(22)24(27)28)9-8-16-6-4-3-5-7-16/h3-15H,1-2H3,(H,25,26)(H,27,28)/b9-8+. The lowest BCUT2D eigenvalue weighted by Gasteiger charge is -2.11. The molecule has 0 aliphatic rings. The number of carbonyl (C=O) groups is 2. The number of rotatable bonds is 7. The second kappa shape index (κ2) is 9.43. The summed E-state index contributed by atoms with van der Waals surface area (Å²) in [6.07, 6.45) is 3.71. The van der Waals surface area contributed by atoms with Crippen LogP contribution in [0, 0.1) is 0 Å². The number of hydrogen-bond donors (Lipinski definition) is 2. The van der Waals surface area contributed by atoms with Crippen molar-refractivity contribution >= 4 is 29.7 Å². The van der Waals surface area contributed by atoms with E-state index in [0.717, 1.165) is 5.56 Å². The van der Waals surface area contributed by atoms with Gasteiger partial charge in [0.25, 0.3) is 5.91 Å². The topological polar surface area (TPSA) is 84.9 Å². The Balaban J connectivity index is 1.86. The predicted octanol–water partition coefficient (Wildman–Crippen LogP) is 4.82. The Hall–Kier alpha value is -4.06. The summed E-state index contributed by atoms with van der Waals surface area (Å²) in [6, 6.07) is 19.3. The number of ether oxygens (including phenoxy) is 2. The zero-order valence-electron chi connectivity index (χ0n) is 16.6.